The van der Waals surface area contributed by atoms with Gasteiger partial charge in [-0.25, -0.2) is 8.42 Å². The van der Waals surface area contributed by atoms with Crippen molar-refractivity contribution in [3.8, 4) is 5.75 Å². The zero-order valence-electron chi connectivity index (χ0n) is 12.1. The molecular formula is C14H19NO5S. The Morgan fingerprint density at radius 3 is 2.57 bits per heavy atom. The van der Waals surface area contributed by atoms with E-state index in [0.29, 0.717) is 32.1 Å². The van der Waals surface area contributed by atoms with Gasteiger partial charge >= 0.3 is 0 Å². The molecule has 0 saturated carbocycles. The molecule has 6 nitrogen and oxygen atoms in total. The SMILES string of the molecule is CC(=O)N1CCOC[C@H](Oc2ccc(S(C)(=O)=O)cc2)C1. The van der Waals surface area contributed by atoms with E-state index in [1.54, 1.807) is 17.0 Å². The summed E-state index contributed by atoms with van der Waals surface area (Å²) in [5, 5.41) is 0. The lowest BCUT2D eigenvalue weighted by Crippen LogP contribution is -2.38. The Morgan fingerprint density at radius 2 is 2.00 bits per heavy atom. The maximum absolute atomic E-state index is 11.5. The van der Waals surface area contributed by atoms with Crippen molar-refractivity contribution in [2.75, 3.05) is 32.6 Å². The van der Waals surface area contributed by atoms with Crippen molar-refractivity contribution < 1.29 is 22.7 Å². The van der Waals surface area contributed by atoms with Gasteiger partial charge in [-0.3, -0.25) is 4.79 Å². The first-order chi connectivity index (χ1) is 9.86. The van der Waals surface area contributed by atoms with Gasteiger partial charge in [0.15, 0.2) is 9.84 Å². The maximum atomic E-state index is 11.5. The molecule has 1 fully saturated rings. The Balaban J connectivity index is 2.04. The van der Waals surface area contributed by atoms with E-state index in [4.69, 9.17) is 9.47 Å². The van der Waals surface area contributed by atoms with E-state index in [9.17, 15) is 13.2 Å². The van der Waals surface area contributed by atoms with Crippen LogP contribution in [0.15, 0.2) is 29.2 Å². The Labute approximate surface area is 124 Å². The lowest BCUT2D eigenvalue weighted by molar-refractivity contribution is -0.129. The van der Waals surface area contributed by atoms with E-state index < -0.39 is 9.84 Å². The number of rotatable bonds is 3. The van der Waals surface area contributed by atoms with Crippen molar-refractivity contribution in [3.63, 3.8) is 0 Å². The third-order valence-electron chi connectivity index (χ3n) is 3.23. The molecule has 0 unspecified atom stereocenters. The molecule has 7 heteroatoms. The van der Waals surface area contributed by atoms with Gasteiger partial charge in [0, 0.05) is 19.7 Å². The first kappa shape index (κ1) is 15.8. The van der Waals surface area contributed by atoms with Crippen molar-refractivity contribution in [3.05, 3.63) is 24.3 Å². The number of ether oxygens (including phenoxy) is 2. The standard InChI is InChI=1S/C14H19NO5S/c1-11(16)15-7-8-19-10-13(9-15)20-12-3-5-14(6-4-12)21(2,17)18/h3-6,13H,7-10H2,1-2H3/t13-/m1/s1. The first-order valence-electron chi connectivity index (χ1n) is 6.66. The summed E-state index contributed by atoms with van der Waals surface area (Å²) in [7, 11) is -3.21. The average Bonchev–Trinajstić information content (AvgIpc) is 2.64. The quantitative estimate of drug-likeness (QED) is 0.822. The second-order valence-corrected chi connectivity index (χ2v) is 7.04. The zero-order valence-corrected chi connectivity index (χ0v) is 12.9. The summed E-state index contributed by atoms with van der Waals surface area (Å²) in [6.45, 7) is 3.43. The van der Waals surface area contributed by atoms with Gasteiger partial charge in [-0.1, -0.05) is 0 Å². The van der Waals surface area contributed by atoms with Crippen LogP contribution in [0.3, 0.4) is 0 Å². The second-order valence-electron chi connectivity index (χ2n) is 5.02. The van der Waals surface area contributed by atoms with Gasteiger partial charge in [0.2, 0.25) is 5.91 Å². The third-order valence-corrected chi connectivity index (χ3v) is 4.36. The number of amides is 1. The smallest absolute Gasteiger partial charge is 0.219 e. The summed E-state index contributed by atoms with van der Waals surface area (Å²) in [5.41, 5.74) is 0. The topological polar surface area (TPSA) is 72.9 Å². The molecule has 1 aromatic carbocycles. The number of hydrogen-bond acceptors (Lipinski definition) is 5. The number of carbonyl (C=O) groups excluding carboxylic acids is 1. The molecule has 1 atom stereocenters. The molecule has 1 aromatic rings. The zero-order chi connectivity index (χ0) is 15.5. The molecule has 1 heterocycles. The predicted molar refractivity (Wildman–Crippen MR) is 77.0 cm³/mol. The Bertz CT molecular complexity index is 596. The minimum absolute atomic E-state index is 0.0125. The second kappa shape index (κ2) is 6.44. The van der Waals surface area contributed by atoms with E-state index in [-0.39, 0.29) is 16.9 Å². The van der Waals surface area contributed by atoms with E-state index in [1.165, 1.54) is 19.1 Å². The van der Waals surface area contributed by atoms with Gasteiger partial charge < -0.3 is 14.4 Å². The van der Waals surface area contributed by atoms with Crippen LogP contribution in [-0.4, -0.2) is 57.9 Å². The van der Waals surface area contributed by atoms with Crippen LogP contribution in [0.1, 0.15) is 6.92 Å². The molecule has 2 rings (SSSR count). The van der Waals surface area contributed by atoms with Gasteiger partial charge in [-0.2, -0.15) is 0 Å². The third kappa shape index (κ3) is 4.44. The largest absolute Gasteiger partial charge is 0.486 e. The van der Waals surface area contributed by atoms with Crippen molar-refractivity contribution in [2.45, 2.75) is 17.9 Å². The summed E-state index contributed by atoms with van der Waals surface area (Å²) < 4.78 is 34.0. The number of nitrogens with zero attached hydrogens (tertiary/aromatic N) is 1. The maximum Gasteiger partial charge on any atom is 0.219 e. The van der Waals surface area contributed by atoms with E-state index in [0.717, 1.165) is 6.26 Å². The Hall–Kier alpha value is -1.60. The number of carbonyl (C=O) groups is 1. The Kier molecular flexibility index (Phi) is 4.84. The van der Waals surface area contributed by atoms with Crippen molar-refractivity contribution >= 4 is 15.7 Å². The molecule has 1 aliphatic heterocycles. The molecule has 1 aliphatic rings. The number of benzene rings is 1. The van der Waals surface area contributed by atoms with Crippen LogP contribution in [0.5, 0.6) is 5.75 Å². The van der Waals surface area contributed by atoms with E-state index >= 15 is 0 Å². The van der Waals surface area contributed by atoms with Crippen molar-refractivity contribution in [1.29, 1.82) is 0 Å². The molecule has 0 aliphatic carbocycles. The van der Waals surface area contributed by atoms with Gasteiger partial charge in [0.25, 0.3) is 0 Å². The normalized spacial score (nSPS) is 19.9. The summed E-state index contributed by atoms with van der Waals surface area (Å²) in [6.07, 6.45) is 0.896. The molecule has 0 bridgehead atoms. The molecule has 116 valence electrons. The van der Waals surface area contributed by atoms with Crippen LogP contribution >= 0.6 is 0 Å². The number of hydrogen-bond donors (Lipinski definition) is 0. The highest BCUT2D eigenvalue weighted by Gasteiger charge is 2.21. The molecule has 1 saturated heterocycles. The highest BCUT2D eigenvalue weighted by Crippen LogP contribution is 2.18. The molecular weight excluding hydrogens is 294 g/mol. The lowest BCUT2D eigenvalue weighted by atomic mass is 10.3. The van der Waals surface area contributed by atoms with Crippen molar-refractivity contribution in [2.24, 2.45) is 0 Å². The predicted octanol–water partition coefficient (Wildman–Crippen LogP) is 0.716. The molecule has 0 aromatic heterocycles. The van der Waals surface area contributed by atoms with Gasteiger partial charge in [0.1, 0.15) is 11.9 Å². The summed E-state index contributed by atoms with van der Waals surface area (Å²) in [4.78, 5) is 13.4. The van der Waals surface area contributed by atoms with Crippen LogP contribution in [-0.2, 0) is 19.4 Å². The summed E-state index contributed by atoms with van der Waals surface area (Å²) in [5.74, 6) is 0.544. The van der Waals surface area contributed by atoms with Crippen LogP contribution < -0.4 is 4.74 Å². The molecule has 21 heavy (non-hydrogen) atoms. The highest BCUT2D eigenvalue weighted by molar-refractivity contribution is 7.90. The van der Waals surface area contributed by atoms with Crippen LogP contribution in [0.4, 0.5) is 0 Å². The number of sulfone groups is 1. The van der Waals surface area contributed by atoms with E-state index in [1.807, 2.05) is 0 Å². The first-order valence-corrected chi connectivity index (χ1v) is 8.55. The van der Waals surface area contributed by atoms with Crippen LogP contribution in [0.25, 0.3) is 0 Å². The van der Waals surface area contributed by atoms with Gasteiger partial charge in [-0.05, 0) is 24.3 Å². The van der Waals surface area contributed by atoms with Gasteiger partial charge in [-0.15, -0.1) is 0 Å². The summed E-state index contributed by atoms with van der Waals surface area (Å²) >= 11 is 0. The molecule has 0 radical (unpaired) electrons. The van der Waals surface area contributed by atoms with Crippen LogP contribution in [0, 0.1) is 0 Å². The monoisotopic (exact) mass is 313 g/mol. The molecule has 1 amide bonds. The fraction of sp³-hybridized carbons (Fsp3) is 0.500. The van der Waals surface area contributed by atoms with Crippen molar-refractivity contribution in [1.82, 2.24) is 4.90 Å². The minimum atomic E-state index is -3.21. The van der Waals surface area contributed by atoms with Crippen LogP contribution in [0.2, 0.25) is 0 Å². The summed E-state index contributed by atoms with van der Waals surface area (Å²) in [6, 6.07) is 6.23. The van der Waals surface area contributed by atoms with Gasteiger partial charge in [0.05, 0.1) is 24.7 Å². The highest BCUT2D eigenvalue weighted by atomic mass is 32.2. The average molecular weight is 313 g/mol. The molecule has 0 N–H and O–H groups in total. The molecule has 0 spiro atoms. The van der Waals surface area contributed by atoms with E-state index in [2.05, 4.69) is 0 Å². The lowest BCUT2D eigenvalue weighted by Gasteiger charge is -2.23. The minimum Gasteiger partial charge on any atom is -0.486 e. The fourth-order valence-corrected chi connectivity index (χ4v) is 2.72. The Morgan fingerprint density at radius 1 is 1.33 bits per heavy atom. The fourth-order valence-electron chi connectivity index (χ4n) is 2.09.